The zero-order chi connectivity index (χ0) is 24.2. The van der Waals surface area contributed by atoms with Gasteiger partial charge in [0.15, 0.2) is 11.5 Å². The molecule has 0 aliphatic carbocycles. The summed E-state index contributed by atoms with van der Waals surface area (Å²) >= 11 is 0. The van der Waals surface area contributed by atoms with Gasteiger partial charge in [0.25, 0.3) is 11.8 Å². The Kier molecular flexibility index (Phi) is 6.82. The van der Waals surface area contributed by atoms with E-state index >= 15 is 0 Å². The highest BCUT2D eigenvalue weighted by Crippen LogP contribution is 2.35. The van der Waals surface area contributed by atoms with Crippen molar-refractivity contribution in [2.75, 3.05) is 18.6 Å². The number of fused-ring (bicyclic) bond motifs is 1. The van der Waals surface area contributed by atoms with Crippen LogP contribution in [0, 0.1) is 12.8 Å². The van der Waals surface area contributed by atoms with Gasteiger partial charge in [0.2, 0.25) is 0 Å². The van der Waals surface area contributed by atoms with Crippen LogP contribution in [0.4, 0.5) is 5.69 Å². The van der Waals surface area contributed by atoms with Gasteiger partial charge in [0, 0.05) is 11.1 Å². The van der Waals surface area contributed by atoms with Crippen LogP contribution < -0.4 is 14.4 Å². The minimum Gasteiger partial charge on any atom is -0.493 e. The van der Waals surface area contributed by atoms with E-state index < -0.39 is 0 Å². The topological polar surface area (TPSA) is 55.8 Å². The Morgan fingerprint density at radius 1 is 0.882 bits per heavy atom. The maximum absolute atomic E-state index is 13.6. The molecule has 0 radical (unpaired) electrons. The molecule has 1 heterocycles. The van der Waals surface area contributed by atoms with E-state index in [1.54, 1.807) is 25.3 Å². The Hall–Kier alpha value is -3.86. The second kappa shape index (κ2) is 9.96. The Morgan fingerprint density at radius 3 is 2.35 bits per heavy atom. The highest BCUT2D eigenvalue weighted by atomic mass is 16.5. The first-order valence-electron chi connectivity index (χ1n) is 11.5. The van der Waals surface area contributed by atoms with E-state index in [2.05, 4.69) is 13.8 Å². The van der Waals surface area contributed by atoms with E-state index in [0.29, 0.717) is 46.4 Å². The molecule has 0 bridgehead atoms. The molecule has 0 saturated heterocycles. The molecular weight excluding hydrogens is 426 g/mol. The predicted octanol–water partition coefficient (Wildman–Crippen LogP) is 6.16. The number of aryl methyl sites for hydroxylation is 1. The van der Waals surface area contributed by atoms with E-state index in [0.717, 1.165) is 17.5 Å². The number of benzene rings is 3. The van der Waals surface area contributed by atoms with Crippen LogP contribution in [0.1, 0.15) is 47.3 Å². The molecular formula is C29H29NO4. The molecule has 0 atom stereocenters. The lowest BCUT2D eigenvalue weighted by Crippen LogP contribution is -2.41. The molecule has 0 N–H and O–H groups in total. The Morgan fingerprint density at radius 2 is 1.65 bits per heavy atom. The van der Waals surface area contributed by atoms with Gasteiger partial charge in [-0.25, -0.2) is 4.90 Å². The van der Waals surface area contributed by atoms with Gasteiger partial charge in [-0.3, -0.25) is 9.59 Å². The van der Waals surface area contributed by atoms with E-state index in [1.165, 1.54) is 4.90 Å². The molecule has 5 nitrogen and oxygen atoms in total. The summed E-state index contributed by atoms with van der Waals surface area (Å²) in [5.41, 5.74) is 3.88. The molecule has 0 spiro atoms. The molecule has 0 unspecified atom stereocenters. The first-order chi connectivity index (χ1) is 16.4. The molecule has 3 aromatic carbocycles. The van der Waals surface area contributed by atoms with Crippen LogP contribution in [0.5, 0.6) is 11.5 Å². The number of carbonyl (C=O) groups is 2. The molecule has 0 aromatic heterocycles. The van der Waals surface area contributed by atoms with Gasteiger partial charge in [-0.15, -0.1) is 0 Å². The van der Waals surface area contributed by atoms with E-state index in [1.807, 2.05) is 61.5 Å². The lowest BCUT2D eigenvalue weighted by molar-refractivity contribution is -0.112. The molecule has 0 fully saturated rings. The van der Waals surface area contributed by atoms with Gasteiger partial charge >= 0.3 is 0 Å². The van der Waals surface area contributed by atoms with Crippen LogP contribution in [0.3, 0.4) is 0 Å². The number of nitrogens with zero attached hydrogens (tertiary/aromatic N) is 1. The van der Waals surface area contributed by atoms with Crippen molar-refractivity contribution in [3.8, 4) is 11.5 Å². The van der Waals surface area contributed by atoms with Gasteiger partial charge in [0.05, 0.1) is 19.4 Å². The van der Waals surface area contributed by atoms with Gasteiger partial charge in [-0.1, -0.05) is 50.2 Å². The second-order valence-electron chi connectivity index (χ2n) is 8.83. The van der Waals surface area contributed by atoms with Gasteiger partial charge < -0.3 is 9.47 Å². The fourth-order valence-corrected chi connectivity index (χ4v) is 3.96. The molecule has 3 aromatic rings. The van der Waals surface area contributed by atoms with Crippen molar-refractivity contribution in [3.63, 3.8) is 0 Å². The quantitative estimate of drug-likeness (QED) is 0.316. The minimum absolute atomic E-state index is 0.324. The third-order valence-corrected chi connectivity index (χ3v) is 5.80. The number of amides is 2. The highest BCUT2D eigenvalue weighted by Gasteiger charge is 2.35. The van der Waals surface area contributed by atoms with Gasteiger partial charge in [0.1, 0.15) is 0 Å². The Bertz CT molecular complexity index is 1260. The summed E-state index contributed by atoms with van der Waals surface area (Å²) in [6, 6.07) is 20.2. The lowest BCUT2D eigenvalue weighted by Gasteiger charge is -2.29. The Balaban J connectivity index is 1.75. The summed E-state index contributed by atoms with van der Waals surface area (Å²) in [5, 5.41) is 0. The Labute approximate surface area is 200 Å². The van der Waals surface area contributed by atoms with E-state index in [4.69, 9.17) is 9.47 Å². The van der Waals surface area contributed by atoms with Crippen LogP contribution >= 0.6 is 0 Å². The number of hydrogen-bond acceptors (Lipinski definition) is 4. The molecule has 2 amide bonds. The van der Waals surface area contributed by atoms with Crippen molar-refractivity contribution in [3.05, 3.63) is 89.0 Å². The van der Waals surface area contributed by atoms with Crippen molar-refractivity contribution in [1.82, 2.24) is 0 Å². The number of carbonyl (C=O) groups excluding carboxylic acids is 2. The summed E-state index contributed by atoms with van der Waals surface area (Å²) in [7, 11) is 1.60. The van der Waals surface area contributed by atoms with Crippen LogP contribution in [0.15, 0.2) is 66.7 Å². The third-order valence-electron chi connectivity index (χ3n) is 5.80. The zero-order valence-corrected chi connectivity index (χ0v) is 20.0. The molecule has 4 rings (SSSR count). The zero-order valence-electron chi connectivity index (χ0n) is 20.0. The number of anilines is 1. The number of ether oxygens (including phenoxy) is 2. The van der Waals surface area contributed by atoms with Crippen molar-refractivity contribution >= 4 is 29.2 Å². The maximum atomic E-state index is 13.6. The van der Waals surface area contributed by atoms with Crippen molar-refractivity contribution < 1.29 is 19.1 Å². The summed E-state index contributed by atoms with van der Waals surface area (Å²) < 4.78 is 11.4. The minimum atomic E-state index is -0.356. The second-order valence-corrected chi connectivity index (χ2v) is 8.83. The number of hydrogen-bond donors (Lipinski definition) is 0. The summed E-state index contributed by atoms with van der Waals surface area (Å²) in [6.07, 6.45) is 2.75. The number of imide groups is 1. The smallest absolute Gasteiger partial charge is 0.265 e. The summed E-state index contributed by atoms with van der Waals surface area (Å²) in [5.74, 6) is 1.13. The average molecular weight is 456 g/mol. The maximum Gasteiger partial charge on any atom is 0.265 e. The monoisotopic (exact) mass is 455 g/mol. The van der Waals surface area contributed by atoms with Gasteiger partial charge in [-0.05, 0) is 72.4 Å². The predicted molar refractivity (Wildman–Crippen MR) is 135 cm³/mol. The molecule has 0 saturated carbocycles. The molecule has 5 heteroatoms. The van der Waals surface area contributed by atoms with Crippen molar-refractivity contribution in [2.24, 2.45) is 5.92 Å². The highest BCUT2D eigenvalue weighted by molar-refractivity contribution is 6.43. The number of methoxy groups -OCH3 is 1. The summed E-state index contributed by atoms with van der Waals surface area (Å²) in [4.78, 5) is 28.1. The fourth-order valence-electron chi connectivity index (χ4n) is 3.96. The van der Waals surface area contributed by atoms with E-state index in [-0.39, 0.29) is 11.8 Å². The number of rotatable bonds is 7. The first kappa shape index (κ1) is 23.3. The fraction of sp³-hybridized carbons (Fsp3) is 0.241. The average Bonchev–Trinajstić information content (AvgIpc) is 2.82. The van der Waals surface area contributed by atoms with Crippen LogP contribution in [-0.4, -0.2) is 25.5 Å². The molecule has 174 valence electrons. The van der Waals surface area contributed by atoms with Gasteiger partial charge in [-0.2, -0.15) is 0 Å². The van der Waals surface area contributed by atoms with Crippen LogP contribution in [-0.2, 0) is 4.79 Å². The molecule has 34 heavy (non-hydrogen) atoms. The summed E-state index contributed by atoms with van der Waals surface area (Å²) in [6.45, 7) is 6.84. The standard InChI is InChI=1S/C29H29NO4/c1-19(2)14-15-34-26-13-12-21(18-27(26)33-4)17-25-23-10-5-6-11-24(23)28(31)30(29(25)32)22-9-7-8-20(3)16-22/h5-13,16-19H,14-15H2,1-4H3. The molecule has 1 aliphatic heterocycles. The SMILES string of the molecule is COc1cc(C=C2C(=O)N(c3cccc(C)c3)C(=O)c3ccccc32)ccc1OCCC(C)C. The molecule has 1 aliphatic rings. The van der Waals surface area contributed by atoms with Crippen LogP contribution in [0.2, 0.25) is 0 Å². The van der Waals surface area contributed by atoms with Crippen LogP contribution in [0.25, 0.3) is 11.6 Å². The normalized spacial score (nSPS) is 14.5. The lowest BCUT2D eigenvalue weighted by atomic mass is 9.91. The van der Waals surface area contributed by atoms with Crippen molar-refractivity contribution in [1.29, 1.82) is 0 Å². The third kappa shape index (κ3) is 4.74. The van der Waals surface area contributed by atoms with Crippen molar-refractivity contribution in [2.45, 2.75) is 27.2 Å². The first-order valence-corrected chi connectivity index (χ1v) is 11.5. The van der Waals surface area contributed by atoms with E-state index in [9.17, 15) is 9.59 Å². The largest absolute Gasteiger partial charge is 0.493 e.